The second kappa shape index (κ2) is 5.57. The summed E-state index contributed by atoms with van der Waals surface area (Å²) >= 11 is 0. The third kappa shape index (κ3) is 2.99. The molecule has 0 heterocycles. The van der Waals surface area contributed by atoms with Crippen molar-refractivity contribution in [2.45, 2.75) is 79.2 Å². The summed E-state index contributed by atoms with van der Waals surface area (Å²) < 4.78 is 0. The van der Waals surface area contributed by atoms with Crippen LogP contribution < -0.4 is 0 Å². The van der Waals surface area contributed by atoms with E-state index in [2.05, 4.69) is 59.8 Å². The van der Waals surface area contributed by atoms with Gasteiger partial charge in [0.2, 0.25) is 0 Å². The molecule has 0 aromatic heterocycles. The van der Waals surface area contributed by atoms with Crippen molar-refractivity contribution in [3.8, 4) is 0 Å². The van der Waals surface area contributed by atoms with Gasteiger partial charge in [0.25, 0.3) is 0 Å². The van der Waals surface area contributed by atoms with Crippen LogP contribution in [0.1, 0.15) is 73.6 Å². The Morgan fingerprint density at radius 3 is 2.38 bits per heavy atom. The van der Waals surface area contributed by atoms with Crippen LogP contribution in [0.25, 0.3) is 0 Å². The molecule has 0 aromatic carbocycles. The zero-order valence-corrected chi connectivity index (χ0v) is 14.9. The van der Waals surface area contributed by atoms with Gasteiger partial charge in [0.1, 0.15) is 0 Å². The van der Waals surface area contributed by atoms with Crippen LogP contribution in [0.3, 0.4) is 0 Å². The van der Waals surface area contributed by atoms with Gasteiger partial charge in [-0.15, -0.1) is 0 Å². The van der Waals surface area contributed by atoms with Crippen LogP contribution in [0, 0.1) is 22.7 Å². The summed E-state index contributed by atoms with van der Waals surface area (Å²) in [5.74, 6) is 0.984. The highest BCUT2D eigenvalue weighted by molar-refractivity contribution is 5.21. The molecule has 2 aliphatic rings. The largest absolute Gasteiger partial charge is 0.390 e. The van der Waals surface area contributed by atoms with Crippen molar-refractivity contribution in [2.24, 2.45) is 22.7 Å². The third-order valence-corrected chi connectivity index (χ3v) is 6.60. The fraction of sp³-hybridized carbons (Fsp3) is 0.800. The lowest BCUT2D eigenvalue weighted by molar-refractivity contribution is -0.149. The number of fused-ring (bicyclic) bond motifs is 1. The lowest BCUT2D eigenvalue weighted by Crippen LogP contribution is -2.56. The highest BCUT2D eigenvalue weighted by Gasteiger charge is 2.56. The molecular formula is C20H34O. The van der Waals surface area contributed by atoms with Crippen LogP contribution in [0.4, 0.5) is 0 Å². The average molecular weight is 290 g/mol. The molecule has 120 valence electrons. The van der Waals surface area contributed by atoms with Crippen LogP contribution in [-0.2, 0) is 0 Å². The standard InChI is InChI=1S/C20H34O/c1-7-15(2)9-10-17-19(5)13-8-12-18(3,4)16(19)11-14-20(17,6)21/h7,9-10,16-17,21H,8,11-14H2,1-6H3/b10-9+,15-7-/t16-,17+,19-,20+/m0/s1. The molecule has 0 bridgehead atoms. The third-order valence-electron chi connectivity index (χ3n) is 6.60. The topological polar surface area (TPSA) is 20.2 Å². The van der Waals surface area contributed by atoms with Crippen LogP contribution in [-0.4, -0.2) is 10.7 Å². The summed E-state index contributed by atoms with van der Waals surface area (Å²) in [7, 11) is 0. The van der Waals surface area contributed by atoms with Crippen molar-refractivity contribution in [1.82, 2.24) is 0 Å². The average Bonchev–Trinajstić information content (AvgIpc) is 2.35. The maximum Gasteiger partial charge on any atom is 0.0687 e. The van der Waals surface area contributed by atoms with Gasteiger partial charge < -0.3 is 5.11 Å². The Morgan fingerprint density at radius 2 is 1.76 bits per heavy atom. The number of hydrogen-bond acceptors (Lipinski definition) is 1. The zero-order chi connectivity index (χ0) is 15.9. The van der Waals surface area contributed by atoms with Crippen molar-refractivity contribution in [2.75, 3.05) is 0 Å². The molecule has 0 aliphatic heterocycles. The first-order chi connectivity index (χ1) is 9.63. The molecule has 1 N–H and O–H groups in total. The van der Waals surface area contributed by atoms with Crippen LogP contribution >= 0.6 is 0 Å². The summed E-state index contributed by atoms with van der Waals surface area (Å²) in [5.41, 5.74) is 1.36. The zero-order valence-electron chi connectivity index (χ0n) is 14.9. The molecule has 0 radical (unpaired) electrons. The van der Waals surface area contributed by atoms with E-state index < -0.39 is 5.60 Å². The molecule has 1 nitrogen and oxygen atoms in total. The first kappa shape index (κ1) is 16.8. The van der Waals surface area contributed by atoms with Gasteiger partial charge >= 0.3 is 0 Å². The summed E-state index contributed by atoms with van der Waals surface area (Å²) in [6, 6.07) is 0. The highest BCUT2D eigenvalue weighted by atomic mass is 16.3. The van der Waals surface area contributed by atoms with E-state index in [0.717, 1.165) is 12.3 Å². The van der Waals surface area contributed by atoms with E-state index in [0.29, 0.717) is 5.41 Å². The molecule has 2 aliphatic carbocycles. The lowest BCUT2D eigenvalue weighted by Gasteiger charge is -2.60. The van der Waals surface area contributed by atoms with E-state index in [4.69, 9.17) is 0 Å². The molecule has 2 rings (SSSR count). The van der Waals surface area contributed by atoms with Gasteiger partial charge in [-0.1, -0.05) is 51.0 Å². The van der Waals surface area contributed by atoms with E-state index in [1.54, 1.807) is 0 Å². The van der Waals surface area contributed by atoms with Crippen LogP contribution in [0.2, 0.25) is 0 Å². The van der Waals surface area contributed by atoms with Gasteiger partial charge in [-0.3, -0.25) is 0 Å². The summed E-state index contributed by atoms with van der Waals surface area (Å²) in [4.78, 5) is 0. The van der Waals surface area contributed by atoms with Gasteiger partial charge in [0, 0.05) is 5.92 Å². The Bertz CT molecular complexity index is 441. The predicted molar refractivity (Wildman–Crippen MR) is 91.1 cm³/mol. The first-order valence-corrected chi connectivity index (χ1v) is 8.67. The Labute approximate surface area is 131 Å². The first-order valence-electron chi connectivity index (χ1n) is 8.67. The maximum absolute atomic E-state index is 11.0. The van der Waals surface area contributed by atoms with Gasteiger partial charge in [-0.05, 0) is 63.2 Å². The van der Waals surface area contributed by atoms with Gasteiger partial charge in [0.15, 0.2) is 0 Å². The lowest BCUT2D eigenvalue weighted by atomic mass is 9.45. The molecule has 0 unspecified atom stereocenters. The molecule has 0 spiro atoms. The van der Waals surface area contributed by atoms with E-state index in [1.807, 2.05) is 0 Å². The quantitative estimate of drug-likeness (QED) is 0.665. The van der Waals surface area contributed by atoms with Crippen molar-refractivity contribution < 1.29 is 5.11 Å². The van der Waals surface area contributed by atoms with E-state index >= 15 is 0 Å². The van der Waals surface area contributed by atoms with Gasteiger partial charge in [-0.2, -0.15) is 0 Å². The smallest absolute Gasteiger partial charge is 0.0687 e. The summed E-state index contributed by atoms with van der Waals surface area (Å²) in [6.45, 7) is 13.6. The molecule has 1 heteroatoms. The van der Waals surface area contributed by atoms with Gasteiger partial charge in [-0.25, -0.2) is 0 Å². The Morgan fingerprint density at radius 1 is 1.10 bits per heavy atom. The fourth-order valence-electron chi connectivity index (χ4n) is 5.33. The summed E-state index contributed by atoms with van der Waals surface area (Å²) in [5, 5.41) is 11.0. The second-order valence-electron chi connectivity index (χ2n) is 8.67. The molecule has 2 fully saturated rings. The fourth-order valence-corrected chi connectivity index (χ4v) is 5.33. The predicted octanol–water partition coefficient (Wildman–Crippen LogP) is 5.50. The van der Waals surface area contributed by atoms with E-state index in [-0.39, 0.29) is 11.3 Å². The monoisotopic (exact) mass is 290 g/mol. The molecule has 0 aromatic rings. The maximum atomic E-state index is 11.0. The minimum absolute atomic E-state index is 0.230. The minimum Gasteiger partial charge on any atom is -0.390 e. The van der Waals surface area contributed by atoms with E-state index in [9.17, 15) is 5.11 Å². The molecular weight excluding hydrogens is 256 g/mol. The summed E-state index contributed by atoms with van der Waals surface area (Å²) in [6.07, 6.45) is 12.6. The molecule has 2 saturated carbocycles. The number of rotatable bonds is 2. The van der Waals surface area contributed by atoms with Crippen LogP contribution in [0.5, 0.6) is 0 Å². The molecule has 21 heavy (non-hydrogen) atoms. The highest BCUT2D eigenvalue weighted by Crippen LogP contribution is 2.62. The number of aliphatic hydroxyl groups is 1. The van der Waals surface area contributed by atoms with Crippen molar-refractivity contribution in [3.63, 3.8) is 0 Å². The Hall–Kier alpha value is -0.560. The number of allylic oxidation sites excluding steroid dienone is 3. The van der Waals surface area contributed by atoms with Crippen molar-refractivity contribution >= 4 is 0 Å². The van der Waals surface area contributed by atoms with Crippen LogP contribution in [0.15, 0.2) is 23.8 Å². The number of hydrogen-bond donors (Lipinski definition) is 1. The van der Waals surface area contributed by atoms with E-state index in [1.165, 1.54) is 31.3 Å². The van der Waals surface area contributed by atoms with Crippen molar-refractivity contribution in [1.29, 1.82) is 0 Å². The SMILES string of the molecule is C/C=C(C)\C=C\[C@@H]1[C@@]2(C)CCCC(C)(C)[C@@H]2CC[C@@]1(C)O. The second-order valence-corrected chi connectivity index (χ2v) is 8.67. The molecule has 4 atom stereocenters. The molecule has 0 amide bonds. The Balaban J connectivity index is 2.39. The van der Waals surface area contributed by atoms with Gasteiger partial charge in [0.05, 0.1) is 5.60 Å². The minimum atomic E-state index is -0.566. The normalized spacial score (nSPS) is 43.9. The van der Waals surface area contributed by atoms with Crippen molar-refractivity contribution in [3.05, 3.63) is 23.8 Å². The Kier molecular flexibility index (Phi) is 4.46. The molecule has 0 saturated heterocycles.